The van der Waals surface area contributed by atoms with Gasteiger partial charge in [-0.05, 0) is 51.3 Å². The van der Waals surface area contributed by atoms with Gasteiger partial charge in [-0.25, -0.2) is 8.42 Å². The number of anilines is 1. The number of nitrogens with zero attached hydrogens (tertiary/aromatic N) is 2. The molecule has 0 radical (unpaired) electrons. The number of aryl methyl sites for hydroxylation is 3. The van der Waals surface area contributed by atoms with E-state index in [0.29, 0.717) is 12.2 Å². The number of hydrogen-bond acceptors (Lipinski definition) is 4. The summed E-state index contributed by atoms with van der Waals surface area (Å²) in [5.74, 6) is -0.732. The van der Waals surface area contributed by atoms with Crippen LogP contribution in [0.15, 0.2) is 42.5 Å². The predicted molar refractivity (Wildman–Crippen MR) is 128 cm³/mol. The second-order valence-corrected chi connectivity index (χ2v) is 10.00. The van der Waals surface area contributed by atoms with Crippen molar-refractivity contribution in [3.63, 3.8) is 0 Å². The zero-order chi connectivity index (χ0) is 24.1. The van der Waals surface area contributed by atoms with Crippen LogP contribution in [-0.2, 0) is 26.2 Å². The van der Waals surface area contributed by atoms with Crippen molar-refractivity contribution >= 4 is 27.5 Å². The molecular formula is C24H33N3O4S. The molecule has 2 amide bonds. The van der Waals surface area contributed by atoms with Gasteiger partial charge in [0.25, 0.3) is 0 Å². The van der Waals surface area contributed by atoms with E-state index < -0.39 is 22.0 Å². The van der Waals surface area contributed by atoms with E-state index in [4.69, 9.17) is 0 Å². The van der Waals surface area contributed by atoms with Gasteiger partial charge in [-0.15, -0.1) is 0 Å². The van der Waals surface area contributed by atoms with Crippen LogP contribution < -0.4 is 9.62 Å². The molecule has 0 aliphatic rings. The van der Waals surface area contributed by atoms with E-state index in [9.17, 15) is 18.0 Å². The number of nitrogens with one attached hydrogen (secondary N) is 1. The highest BCUT2D eigenvalue weighted by Gasteiger charge is 2.30. The molecule has 0 aliphatic carbocycles. The fourth-order valence-electron chi connectivity index (χ4n) is 3.69. The van der Waals surface area contributed by atoms with Crippen molar-refractivity contribution in [1.82, 2.24) is 10.2 Å². The fourth-order valence-corrected chi connectivity index (χ4v) is 4.65. The van der Waals surface area contributed by atoms with Gasteiger partial charge >= 0.3 is 0 Å². The molecule has 0 unspecified atom stereocenters. The molecule has 32 heavy (non-hydrogen) atoms. The van der Waals surface area contributed by atoms with Gasteiger partial charge in [0, 0.05) is 13.1 Å². The number of benzene rings is 2. The van der Waals surface area contributed by atoms with Crippen LogP contribution >= 0.6 is 0 Å². The number of amides is 2. The summed E-state index contributed by atoms with van der Waals surface area (Å²) < 4.78 is 26.5. The lowest BCUT2D eigenvalue weighted by atomic mass is 10.1. The Morgan fingerprint density at radius 1 is 1.03 bits per heavy atom. The minimum absolute atomic E-state index is 0.198. The summed E-state index contributed by atoms with van der Waals surface area (Å²) in [5.41, 5.74) is 3.90. The molecule has 0 bridgehead atoms. The second kappa shape index (κ2) is 10.6. The van der Waals surface area contributed by atoms with Gasteiger partial charge in [0.2, 0.25) is 21.8 Å². The first-order valence-electron chi connectivity index (χ1n) is 10.6. The number of rotatable bonds is 9. The lowest BCUT2D eigenvalue weighted by Gasteiger charge is -2.32. The zero-order valence-corrected chi connectivity index (χ0v) is 20.5. The summed E-state index contributed by atoms with van der Waals surface area (Å²) in [7, 11) is -3.74. The number of likely N-dealkylation sites (N-methyl/N-ethyl adjacent to an activating group) is 1. The van der Waals surface area contributed by atoms with Gasteiger partial charge in [0.05, 0.1) is 11.9 Å². The van der Waals surface area contributed by atoms with Crippen LogP contribution in [0.3, 0.4) is 0 Å². The van der Waals surface area contributed by atoms with E-state index in [-0.39, 0.29) is 19.0 Å². The lowest BCUT2D eigenvalue weighted by molar-refractivity contribution is -0.139. The average molecular weight is 460 g/mol. The van der Waals surface area contributed by atoms with Crippen molar-refractivity contribution in [3.05, 3.63) is 64.7 Å². The van der Waals surface area contributed by atoms with Gasteiger partial charge in [-0.2, -0.15) is 0 Å². The normalized spacial score (nSPS) is 12.2. The van der Waals surface area contributed by atoms with E-state index >= 15 is 0 Å². The van der Waals surface area contributed by atoms with Crippen LogP contribution in [0.5, 0.6) is 0 Å². The van der Waals surface area contributed by atoms with E-state index in [1.807, 2.05) is 70.2 Å². The zero-order valence-electron chi connectivity index (χ0n) is 19.7. The molecular weight excluding hydrogens is 426 g/mol. The highest BCUT2D eigenvalue weighted by Crippen LogP contribution is 2.27. The van der Waals surface area contributed by atoms with Crippen LogP contribution in [0.4, 0.5) is 5.69 Å². The van der Waals surface area contributed by atoms with Crippen LogP contribution in [0.25, 0.3) is 0 Å². The molecule has 1 atom stereocenters. The maximum atomic E-state index is 13.5. The first-order valence-corrected chi connectivity index (χ1v) is 12.5. The van der Waals surface area contributed by atoms with Crippen LogP contribution in [0.1, 0.15) is 36.1 Å². The Labute approximate surface area is 191 Å². The number of carbonyl (C=O) groups excluding carboxylic acids is 2. The molecule has 2 rings (SSSR count). The van der Waals surface area contributed by atoms with Crippen LogP contribution in [0, 0.1) is 20.8 Å². The third-order valence-corrected chi connectivity index (χ3v) is 6.43. The van der Waals surface area contributed by atoms with Crippen molar-refractivity contribution in [1.29, 1.82) is 0 Å². The molecule has 0 fully saturated rings. The summed E-state index contributed by atoms with van der Waals surface area (Å²) in [6.07, 6.45) is 1.09. The van der Waals surface area contributed by atoms with E-state index in [1.54, 1.807) is 6.92 Å². The summed E-state index contributed by atoms with van der Waals surface area (Å²) in [4.78, 5) is 27.5. The topological polar surface area (TPSA) is 86.8 Å². The van der Waals surface area contributed by atoms with Gasteiger partial charge < -0.3 is 10.2 Å². The first kappa shape index (κ1) is 25.4. The molecule has 8 heteroatoms. The third-order valence-electron chi connectivity index (χ3n) is 5.32. The largest absolute Gasteiger partial charge is 0.355 e. The van der Waals surface area contributed by atoms with E-state index in [1.165, 1.54) is 4.90 Å². The van der Waals surface area contributed by atoms with Gasteiger partial charge in [0.1, 0.15) is 12.6 Å². The van der Waals surface area contributed by atoms with Crippen molar-refractivity contribution in [3.8, 4) is 0 Å². The van der Waals surface area contributed by atoms with E-state index in [2.05, 4.69) is 5.32 Å². The van der Waals surface area contributed by atoms with Crippen molar-refractivity contribution in [2.45, 2.75) is 47.2 Å². The van der Waals surface area contributed by atoms with Crippen molar-refractivity contribution < 1.29 is 18.0 Å². The molecule has 174 valence electrons. The van der Waals surface area contributed by atoms with E-state index in [0.717, 1.165) is 32.8 Å². The molecule has 0 spiro atoms. The summed E-state index contributed by atoms with van der Waals surface area (Å²) >= 11 is 0. The Balaban J connectivity index is 2.45. The standard InChI is InChI=1S/C24H33N3O4S/c1-7-25-24(29)20(5)26(15-21-13-8-10-17(2)14-21)22(28)16-27(32(6,30)31)23-18(3)11-9-12-19(23)4/h8-14,20H,7,15-16H2,1-6H3,(H,25,29)/t20-/m1/s1. The number of sulfonamides is 1. The molecule has 0 aliphatic heterocycles. The molecule has 0 saturated heterocycles. The van der Waals surface area contributed by atoms with Gasteiger partial charge in [-0.3, -0.25) is 13.9 Å². The van der Waals surface area contributed by atoms with Gasteiger partial charge in [-0.1, -0.05) is 48.0 Å². The number of hydrogen-bond donors (Lipinski definition) is 1. The van der Waals surface area contributed by atoms with Crippen molar-refractivity contribution in [2.75, 3.05) is 23.7 Å². The Morgan fingerprint density at radius 3 is 2.16 bits per heavy atom. The molecule has 0 aromatic heterocycles. The predicted octanol–water partition coefficient (Wildman–Crippen LogP) is 2.93. The summed E-state index contributed by atoms with van der Waals surface area (Å²) in [6.45, 7) is 9.29. The second-order valence-electron chi connectivity index (χ2n) is 8.09. The van der Waals surface area contributed by atoms with Gasteiger partial charge in [0.15, 0.2) is 0 Å². The highest BCUT2D eigenvalue weighted by molar-refractivity contribution is 7.92. The highest BCUT2D eigenvalue weighted by atomic mass is 32.2. The minimum atomic E-state index is -3.74. The maximum absolute atomic E-state index is 13.5. The first-order chi connectivity index (χ1) is 15.0. The monoisotopic (exact) mass is 459 g/mol. The average Bonchev–Trinajstić information content (AvgIpc) is 2.70. The number of carbonyl (C=O) groups is 2. The molecule has 7 nitrogen and oxygen atoms in total. The maximum Gasteiger partial charge on any atom is 0.244 e. The lowest BCUT2D eigenvalue weighted by Crippen LogP contribution is -2.51. The molecule has 0 heterocycles. The smallest absolute Gasteiger partial charge is 0.244 e. The molecule has 1 N–H and O–H groups in total. The van der Waals surface area contributed by atoms with Crippen LogP contribution in [0.2, 0.25) is 0 Å². The SMILES string of the molecule is CCNC(=O)[C@@H](C)N(Cc1cccc(C)c1)C(=O)CN(c1c(C)cccc1C)S(C)(=O)=O. The Hall–Kier alpha value is -2.87. The molecule has 2 aromatic carbocycles. The Kier molecular flexibility index (Phi) is 8.44. The summed E-state index contributed by atoms with van der Waals surface area (Å²) in [6, 6.07) is 12.4. The summed E-state index contributed by atoms with van der Waals surface area (Å²) in [5, 5.41) is 2.75. The quantitative estimate of drug-likeness (QED) is 0.625. The number of para-hydroxylation sites is 1. The van der Waals surface area contributed by atoms with Crippen LogP contribution in [-0.4, -0.2) is 50.5 Å². The Bertz CT molecular complexity index is 1060. The third kappa shape index (κ3) is 6.32. The molecule has 2 aromatic rings. The van der Waals surface area contributed by atoms with Crippen molar-refractivity contribution in [2.24, 2.45) is 0 Å². The fraction of sp³-hybridized carbons (Fsp3) is 0.417. The molecule has 0 saturated carbocycles. The Morgan fingerprint density at radius 2 is 1.62 bits per heavy atom. The minimum Gasteiger partial charge on any atom is -0.355 e.